The van der Waals surface area contributed by atoms with Crippen molar-refractivity contribution in [3.05, 3.63) is 53.6 Å². The van der Waals surface area contributed by atoms with Crippen LogP contribution in [0.4, 0.5) is 16.5 Å². The van der Waals surface area contributed by atoms with Crippen molar-refractivity contribution in [1.82, 2.24) is 10.2 Å². The fourth-order valence-electron chi connectivity index (χ4n) is 2.30. The molecule has 0 fully saturated rings. The van der Waals surface area contributed by atoms with E-state index in [1.165, 1.54) is 23.1 Å². The Morgan fingerprint density at radius 3 is 2.67 bits per heavy atom. The number of carbonyl (C=O) groups excluding carboxylic acids is 1. The Hall–Kier alpha value is -2.58. The van der Waals surface area contributed by atoms with Crippen LogP contribution < -0.4 is 15.4 Å². The summed E-state index contributed by atoms with van der Waals surface area (Å²) in [7, 11) is 1.63. The number of carbonyl (C=O) groups is 1. The lowest BCUT2D eigenvalue weighted by atomic mass is 10.1. The highest BCUT2D eigenvalue weighted by Gasteiger charge is 2.10. The minimum absolute atomic E-state index is 0.0615. The zero-order valence-electron chi connectivity index (χ0n) is 15.3. The topological polar surface area (TPSA) is 76.1 Å². The Balaban J connectivity index is 1.52. The molecule has 0 saturated heterocycles. The van der Waals surface area contributed by atoms with Crippen LogP contribution in [0.5, 0.6) is 5.75 Å². The highest BCUT2D eigenvalue weighted by Crippen LogP contribution is 2.28. The molecule has 1 heterocycles. The van der Waals surface area contributed by atoms with Crippen LogP contribution >= 0.6 is 23.1 Å². The van der Waals surface area contributed by atoms with E-state index in [9.17, 15) is 4.79 Å². The maximum atomic E-state index is 12.2. The SMILES string of the molecule is COc1ccc(Nc2nnc(SCC(=O)Nc3cc(C)ccc3C)s2)cc1. The van der Waals surface area contributed by atoms with Crippen LogP contribution in [0.15, 0.2) is 46.8 Å². The molecule has 8 heteroatoms. The van der Waals surface area contributed by atoms with Crippen molar-refractivity contribution in [1.29, 1.82) is 0 Å². The molecule has 27 heavy (non-hydrogen) atoms. The van der Waals surface area contributed by atoms with Gasteiger partial charge < -0.3 is 15.4 Å². The quantitative estimate of drug-likeness (QED) is 0.563. The number of anilines is 3. The van der Waals surface area contributed by atoms with E-state index >= 15 is 0 Å². The van der Waals surface area contributed by atoms with E-state index in [4.69, 9.17) is 4.74 Å². The van der Waals surface area contributed by atoms with E-state index < -0.39 is 0 Å². The summed E-state index contributed by atoms with van der Waals surface area (Å²) in [4.78, 5) is 12.2. The van der Waals surface area contributed by atoms with E-state index in [2.05, 4.69) is 20.8 Å². The van der Waals surface area contributed by atoms with Crippen molar-refractivity contribution in [3.8, 4) is 5.75 Å². The normalized spacial score (nSPS) is 10.5. The summed E-state index contributed by atoms with van der Waals surface area (Å²) in [5, 5.41) is 15.1. The van der Waals surface area contributed by atoms with Gasteiger partial charge in [0, 0.05) is 11.4 Å². The average molecular weight is 401 g/mol. The van der Waals surface area contributed by atoms with Crippen LogP contribution in [0.2, 0.25) is 0 Å². The molecule has 0 atom stereocenters. The second-order valence-corrected chi connectivity index (χ2v) is 8.08. The average Bonchev–Trinajstić information content (AvgIpc) is 3.11. The van der Waals surface area contributed by atoms with Crippen LogP contribution in [0, 0.1) is 13.8 Å². The van der Waals surface area contributed by atoms with Gasteiger partial charge in [0.05, 0.1) is 12.9 Å². The predicted molar refractivity (Wildman–Crippen MR) is 111 cm³/mol. The maximum Gasteiger partial charge on any atom is 0.234 e. The number of methoxy groups -OCH3 is 1. The Kier molecular flexibility index (Phi) is 6.31. The van der Waals surface area contributed by atoms with Crippen molar-refractivity contribution >= 4 is 45.5 Å². The molecule has 3 aromatic rings. The molecule has 0 radical (unpaired) electrons. The molecule has 0 aliphatic carbocycles. The van der Waals surface area contributed by atoms with E-state index in [-0.39, 0.29) is 11.7 Å². The fraction of sp³-hybridized carbons (Fsp3) is 0.211. The molecule has 140 valence electrons. The van der Waals surface area contributed by atoms with Gasteiger partial charge in [0.1, 0.15) is 5.75 Å². The molecule has 0 unspecified atom stereocenters. The third-order valence-corrected chi connectivity index (χ3v) is 5.71. The largest absolute Gasteiger partial charge is 0.497 e. The molecule has 0 aliphatic rings. The third-order valence-electron chi connectivity index (χ3n) is 3.74. The van der Waals surface area contributed by atoms with Gasteiger partial charge in [0.25, 0.3) is 0 Å². The minimum atomic E-state index is -0.0615. The highest BCUT2D eigenvalue weighted by atomic mass is 32.2. The molecule has 0 saturated carbocycles. The number of hydrogen-bond donors (Lipinski definition) is 2. The third kappa shape index (κ3) is 5.45. The minimum Gasteiger partial charge on any atom is -0.497 e. The number of amides is 1. The predicted octanol–water partition coefficient (Wildman–Crippen LogP) is 4.64. The Bertz CT molecular complexity index is 926. The lowest BCUT2D eigenvalue weighted by molar-refractivity contribution is -0.113. The Labute approximate surface area is 166 Å². The van der Waals surface area contributed by atoms with Gasteiger partial charge in [-0.15, -0.1) is 10.2 Å². The van der Waals surface area contributed by atoms with Crippen molar-refractivity contribution in [2.24, 2.45) is 0 Å². The molecule has 0 bridgehead atoms. The van der Waals surface area contributed by atoms with Crippen LogP contribution in [-0.4, -0.2) is 29.0 Å². The first-order valence-corrected chi connectivity index (χ1v) is 10.1. The molecule has 2 N–H and O–H groups in total. The Morgan fingerprint density at radius 2 is 1.93 bits per heavy atom. The first-order chi connectivity index (χ1) is 13.0. The van der Waals surface area contributed by atoms with Gasteiger partial charge in [0.2, 0.25) is 11.0 Å². The van der Waals surface area contributed by atoms with Crippen molar-refractivity contribution in [3.63, 3.8) is 0 Å². The molecule has 3 rings (SSSR count). The van der Waals surface area contributed by atoms with Gasteiger partial charge in [-0.1, -0.05) is 35.2 Å². The van der Waals surface area contributed by atoms with Gasteiger partial charge in [-0.2, -0.15) is 0 Å². The zero-order chi connectivity index (χ0) is 19.2. The first-order valence-electron chi connectivity index (χ1n) is 8.28. The number of ether oxygens (including phenoxy) is 1. The monoisotopic (exact) mass is 400 g/mol. The maximum absolute atomic E-state index is 12.2. The van der Waals surface area contributed by atoms with Crippen LogP contribution in [0.3, 0.4) is 0 Å². The van der Waals surface area contributed by atoms with Gasteiger partial charge >= 0.3 is 0 Å². The summed E-state index contributed by atoms with van der Waals surface area (Å²) >= 11 is 2.78. The Morgan fingerprint density at radius 1 is 1.15 bits per heavy atom. The van der Waals surface area contributed by atoms with Gasteiger partial charge in [-0.25, -0.2) is 0 Å². The van der Waals surface area contributed by atoms with Crippen molar-refractivity contribution < 1.29 is 9.53 Å². The number of rotatable bonds is 7. The van der Waals surface area contributed by atoms with Gasteiger partial charge in [-0.3, -0.25) is 4.79 Å². The molecule has 0 aliphatic heterocycles. The fourth-order valence-corrected chi connectivity index (χ4v) is 3.87. The molecule has 1 amide bonds. The number of nitrogens with zero attached hydrogens (tertiary/aromatic N) is 2. The smallest absolute Gasteiger partial charge is 0.234 e. The van der Waals surface area contributed by atoms with Crippen molar-refractivity contribution in [2.45, 2.75) is 18.2 Å². The number of aromatic nitrogens is 2. The summed E-state index contributed by atoms with van der Waals surface area (Å²) < 4.78 is 5.88. The summed E-state index contributed by atoms with van der Waals surface area (Å²) in [6.07, 6.45) is 0. The molecule has 1 aromatic heterocycles. The number of benzene rings is 2. The lowest BCUT2D eigenvalue weighted by Gasteiger charge is -2.08. The molecule has 6 nitrogen and oxygen atoms in total. The highest BCUT2D eigenvalue weighted by molar-refractivity contribution is 8.01. The number of nitrogens with one attached hydrogen (secondary N) is 2. The molecular weight excluding hydrogens is 380 g/mol. The summed E-state index contributed by atoms with van der Waals surface area (Å²) in [5.41, 5.74) is 3.90. The standard InChI is InChI=1S/C19H20N4O2S2/c1-12-4-5-13(2)16(10-12)21-17(24)11-26-19-23-22-18(27-19)20-14-6-8-15(25-3)9-7-14/h4-10H,11H2,1-3H3,(H,20,22)(H,21,24). The van der Waals surface area contributed by atoms with E-state index in [0.29, 0.717) is 5.13 Å². The summed E-state index contributed by atoms with van der Waals surface area (Å²) in [6, 6.07) is 13.6. The van der Waals surface area contributed by atoms with Crippen molar-refractivity contribution in [2.75, 3.05) is 23.5 Å². The first kappa shape index (κ1) is 19.2. The summed E-state index contributed by atoms with van der Waals surface area (Å²) in [6.45, 7) is 3.98. The number of aryl methyl sites for hydroxylation is 2. The van der Waals surface area contributed by atoms with Crippen LogP contribution in [-0.2, 0) is 4.79 Å². The number of hydrogen-bond acceptors (Lipinski definition) is 7. The number of thioether (sulfide) groups is 1. The molecule has 2 aromatic carbocycles. The lowest BCUT2D eigenvalue weighted by Crippen LogP contribution is -2.14. The molecule has 0 spiro atoms. The van der Waals surface area contributed by atoms with E-state index in [1.54, 1.807) is 7.11 Å². The summed E-state index contributed by atoms with van der Waals surface area (Å²) in [5.74, 6) is 1.02. The second kappa shape index (κ2) is 8.88. The second-order valence-electron chi connectivity index (χ2n) is 5.88. The van der Waals surface area contributed by atoms with Crippen LogP contribution in [0.1, 0.15) is 11.1 Å². The van der Waals surface area contributed by atoms with E-state index in [1.807, 2.05) is 56.3 Å². The molecular formula is C19H20N4O2S2. The van der Waals surface area contributed by atoms with Gasteiger partial charge in [0.15, 0.2) is 4.34 Å². The van der Waals surface area contributed by atoms with E-state index in [0.717, 1.165) is 32.6 Å². The zero-order valence-corrected chi connectivity index (χ0v) is 16.9. The van der Waals surface area contributed by atoms with Gasteiger partial charge in [-0.05, 0) is 55.3 Å². The van der Waals surface area contributed by atoms with Crippen LogP contribution in [0.25, 0.3) is 0 Å².